The molecule has 0 bridgehead atoms. The smallest absolute Gasteiger partial charge is 0.319 e. The molecule has 0 aliphatic carbocycles. The number of anilines is 2. The highest BCUT2D eigenvalue weighted by Gasteiger charge is 2.34. The van der Waals surface area contributed by atoms with E-state index in [1.807, 2.05) is 66.7 Å². The van der Waals surface area contributed by atoms with E-state index in [0.717, 1.165) is 33.6 Å². The number of nitrogens with one attached hydrogen (secondary N) is 2. The van der Waals surface area contributed by atoms with Crippen LogP contribution in [0.5, 0.6) is 0 Å². The van der Waals surface area contributed by atoms with Gasteiger partial charge in [-0.25, -0.2) is 4.79 Å². The van der Waals surface area contributed by atoms with Crippen molar-refractivity contribution in [2.75, 3.05) is 10.2 Å². The standard InChI is InChI=1S/C29H32ClN3O2/c1-18(2)23-11-8-12-24(19(3)4)27(23)32-29(35)31-25-15-21-13-14-22(30)16-26(21)33(28(25)34)17-20-9-6-5-7-10-20/h5-14,16,18-19,25H,15,17H2,1-4H3,(H2,31,32,35). The molecule has 1 unspecified atom stereocenters. The van der Waals surface area contributed by atoms with Crippen molar-refractivity contribution in [3.8, 4) is 0 Å². The monoisotopic (exact) mass is 489 g/mol. The summed E-state index contributed by atoms with van der Waals surface area (Å²) in [6.45, 7) is 8.83. The fourth-order valence-corrected chi connectivity index (χ4v) is 4.79. The van der Waals surface area contributed by atoms with Crippen molar-refractivity contribution in [3.05, 3.63) is 94.0 Å². The molecule has 0 spiro atoms. The maximum absolute atomic E-state index is 13.6. The van der Waals surface area contributed by atoms with Crippen LogP contribution in [0.4, 0.5) is 16.2 Å². The van der Waals surface area contributed by atoms with Gasteiger partial charge in [-0.05, 0) is 46.2 Å². The summed E-state index contributed by atoms with van der Waals surface area (Å²) in [6.07, 6.45) is 0.410. The summed E-state index contributed by atoms with van der Waals surface area (Å²) in [5.41, 5.74) is 5.74. The van der Waals surface area contributed by atoms with Crippen molar-refractivity contribution in [3.63, 3.8) is 0 Å². The van der Waals surface area contributed by atoms with Crippen LogP contribution in [-0.2, 0) is 17.8 Å². The van der Waals surface area contributed by atoms with Crippen molar-refractivity contribution in [1.29, 1.82) is 0 Å². The molecule has 3 aromatic rings. The topological polar surface area (TPSA) is 61.4 Å². The molecule has 1 aliphatic rings. The number of hydrogen-bond acceptors (Lipinski definition) is 2. The van der Waals surface area contributed by atoms with Crippen LogP contribution in [-0.4, -0.2) is 18.0 Å². The molecule has 0 fully saturated rings. The minimum Gasteiger partial charge on any atom is -0.326 e. The summed E-state index contributed by atoms with van der Waals surface area (Å²) < 4.78 is 0. The van der Waals surface area contributed by atoms with E-state index in [0.29, 0.717) is 18.0 Å². The lowest BCUT2D eigenvalue weighted by molar-refractivity contribution is -0.120. The third-order valence-corrected chi connectivity index (χ3v) is 6.66. The first-order valence-corrected chi connectivity index (χ1v) is 12.5. The van der Waals surface area contributed by atoms with Crippen LogP contribution in [0.15, 0.2) is 66.7 Å². The molecule has 5 nitrogen and oxygen atoms in total. The molecule has 0 aromatic heterocycles. The van der Waals surface area contributed by atoms with Crippen LogP contribution in [0.1, 0.15) is 61.8 Å². The largest absolute Gasteiger partial charge is 0.326 e. The van der Waals surface area contributed by atoms with E-state index in [9.17, 15) is 9.59 Å². The quantitative estimate of drug-likeness (QED) is 0.397. The number of carbonyl (C=O) groups is 2. The SMILES string of the molecule is CC(C)c1cccc(C(C)C)c1NC(=O)NC1Cc2ccc(Cl)cc2N(Cc2ccccc2)C1=O. The minimum atomic E-state index is -0.680. The summed E-state index contributed by atoms with van der Waals surface area (Å²) in [7, 11) is 0. The van der Waals surface area contributed by atoms with Crippen LogP contribution < -0.4 is 15.5 Å². The lowest BCUT2D eigenvalue weighted by Gasteiger charge is -2.35. The number of carbonyl (C=O) groups excluding carboxylic acids is 2. The summed E-state index contributed by atoms with van der Waals surface area (Å²) in [5.74, 6) is 0.344. The molecule has 3 aromatic carbocycles. The molecule has 6 heteroatoms. The van der Waals surface area contributed by atoms with E-state index in [1.165, 1.54) is 0 Å². The van der Waals surface area contributed by atoms with Crippen LogP contribution in [0, 0.1) is 0 Å². The Kier molecular flexibility index (Phi) is 7.46. The Balaban J connectivity index is 1.60. The van der Waals surface area contributed by atoms with E-state index in [1.54, 1.807) is 4.90 Å². The van der Waals surface area contributed by atoms with Gasteiger partial charge in [0.05, 0.1) is 6.54 Å². The van der Waals surface area contributed by atoms with Gasteiger partial charge in [-0.15, -0.1) is 0 Å². The predicted octanol–water partition coefficient (Wildman–Crippen LogP) is 6.87. The first kappa shape index (κ1) is 24.8. The van der Waals surface area contributed by atoms with Gasteiger partial charge in [0.2, 0.25) is 5.91 Å². The number of halogens is 1. The predicted molar refractivity (Wildman–Crippen MR) is 143 cm³/mol. The molecular weight excluding hydrogens is 458 g/mol. The Morgan fingerprint density at radius 2 is 1.63 bits per heavy atom. The summed E-state index contributed by atoms with van der Waals surface area (Å²) in [6, 6.07) is 20.4. The zero-order valence-electron chi connectivity index (χ0n) is 20.6. The molecular formula is C29H32ClN3O2. The van der Waals surface area contributed by atoms with Gasteiger partial charge in [-0.1, -0.05) is 93.9 Å². The second-order valence-electron chi connectivity index (χ2n) is 9.66. The van der Waals surface area contributed by atoms with Gasteiger partial charge in [-0.2, -0.15) is 0 Å². The van der Waals surface area contributed by atoms with E-state index < -0.39 is 6.04 Å². The first-order chi connectivity index (χ1) is 16.7. The Hall–Kier alpha value is -3.31. The number of fused-ring (bicyclic) bond motifs is 1. The van der Waals surface area contributed by atoms with Crippen molar-refractivity contribution in [1.82, 2.24) is 5.32 Å². The van der Waals surface area contributed by atoms with Gasteiger partial charge >= 0.3 is 6.03 Å². The van der Waals surface area contributed by atoms with Crippen molar-refractivity contribution in [2.45, 2.75) is 58.5 Å². The molecule has 35 heavy (non-hydrogen) atoms. The van der Waals surface area contributed by atoms with Crippen molar-refractivity contribution < 1.29 is 9.59 Å². The summed E-state index contributed by atoms with van der Waals surface area (Å²) in [4.78, 5) is 28.5. The summed E-state index contributed by atoms with van der Waals surface area (Å²) >= 11 is 6.27. The normalized spacial score (nSPS) is 15.3. The van der Waals surface area contributed by atoms with Crippen LogP contribution in [0.2, 0.25) is 5.02 Å². The number of urea groups is 1. The number of para-hydroxylation sites is 1. The van der Waals surface area contributed by atoms with E-state index in [2.05, 4.69) is 38.3 Å². The minimum absolute atomic E-state index is 0.153. The molecule has 0 saturated carbocycles. The number of amides is 3. The maximum atomic E-state index is 13.6. The number of benzene rings is 3. The molecule has 3 amide bonds. The molecule has 0 saturated heterocycles. The number of hydrogen-bond donors (Lipinski definition) is 2. The third kappa shape index (κ3) is 5.51. The molecule has 0 radical (unpaired) electrons. The first-order valence-electron chi connectivity index (χ1n) is 12.1. The summed E-state index contributed by atoms with van der Waals surface area (Å²) in [5, 5.41) is 6.59. The number of rotatable bonds is 6. The zero-order chi connectivity index (χ0) is 25.1. The second kappa shape index (κ2) is 10.5. The average Bonchev–Trinajstić information content (AvgIpc) is 2.82. The van der Waals surface area contributed by atoms with Gasteiger partial charge in [0.15, 0.2) is 0 Å². The van der Waals surface area contributed by atoms with Crippen LogP contribution in [0.3, 0.4) is 0 Å². The molecule has 1 heterocycles. The molecule has 4 rings (SSSR count). The average molecular weight is 490 g/mol. The highest BCUT2D eigenvalue weighted by Crippen LogP contribution is 2.34. The highest BCUT2D eigenvalue weighted by atomic mass is 35.5. The van der Waals surface area contributed by atoms with E-state index >= 15 is 0 Å². The van der Waals surface area contributed by atoms with Gasteiger partial charge in [-0.3, -0.25) is 4.79 Å². The van der Waals surface area contributed by atoms with Crippen molar-refractivity contribution in [2.24, 2.45) is 0 Å². The van der Waals surface area contributed by atoms with E-state index in [4.69, 9.17) is 11.6 Å². The van der Waals surface area contributed by atoms with Gasteiger partial charge < -0.3 is 15.5 Å². The second-order valence-corrected chi connectivity index (χ2v) is 10.1. The zero-order valence-corrected chi connectivity index (χ0v) is 21.4. The molecule has 1 atom stereocenters. The maximum Gasteiger partial charge on any atom is 0.319 e. The molecule has 182 valence electrons. The van der Waals surface area contributed by atoms with Gasteiger partial charge in [0.1, 0.15) is 6.04 Å². The fourth-order valence-electron chi connectivity index (χ4n) is 4.62. The lowest BCUT2D eigenvalue weighted by Crippen LogP contribution is -2.53. The van der Waals surface area contributed by atoms with Crippen LogP contribution >= 0.6 is 11.6 Å². The molecule has 1 aliphatic heterocycles. The van der Waals surface area contributed by atoms with Crippen LogP contribution in [0.25, 0.3) is 0 Å². The Labute approximate surface area is 212 Å². The van der Waals surface area contributed by atoms with Gasteiger partial charge in [0.25, 0.3) is 0 Å². The lowest BCUT2D eigenvalue weighted by atomic mass is 9.92. The third-order valence-electron chi connectivity index (χ3n) is 6.43. The highest BCUT2D eigenvalue weighted by molar-refractivity contribution is 6.31. The van der Waals surface area contributed by atoms with E-state index in [-0.39, 0.29) is 23.8 Å². The fraction of sp³-hybridized carbons (Fsp3) is 0.310. The number of nitrogens with zero attached hydrogens (tertiary/aromatic N) is 1. The van der Waals surface area contributed by atoms with Crippen molar-refractivity contribution >= 4 is 34.9 Å². The molecule has 2 N–H and O–H groups in total. The Morgan fingerprint density at radius 1 is 0.971 bits per heavy atom. The van der Waals surface area contributed by atoms with Gasteiger partial charge in [0, 0.05) is 22.8 Å². The Morgan fingerprint density at radius 3 is 2.26 bits per heavy atom. The Bertz CT molecular complexity index is 1200.